The van der Waals surface area contributed by atoms with Crippen LogP contribution in [0.2, 0.25) is 0 Å². The molecule has 0 N–H and O–H groups in total. The first kappa shape index (κ1) is 86.3. The van der Waals surface area contributed by atoms with Crippen LogP contribution < -0.4 is 0 Å². The van der Waals surface area contributed by atoms with Crippen molar-refractivity contribution in [3.8, 4) is 66.8 Å². The molecule has 0 spiro atoms. The Bertz CT molecular complexity index is 9230. The van der Waals surface area contributed by atoms with E-state index in [1.807, 2.05) is 0 Å². The first-order chi connectivity index (χ1) is 67.9. The minimum atomic E-state index is 1.27. The molecule has 0 amide bonds. The van der Waals surface area contributed by atoms with Crippen molar-refractivity contribution in [1.82, 2.24) is 0 Å². The standard InChI is InChI=1S/3C25H18.3C21H16/c1-17-7-6-8-18(15-17)19-13-14-24-22-11-3-2-9-20(22)21-10-4-5-12-23(21)25(24)16-19;1-17-8-2-3-9-19(17)18-14-15-24-22-12-5-4-10-20(22)21-11-6-7-13-23(21)25(24)16-18;1-17-10-12-18(13-11-17)19-14-15-24-22-8-3-2-6-20(22)21-7-4-5-9-23(21)25(24)16-19;1-15-8-2-4-10-17(15)21-14-16-9-3-5-11-18(16)19-12-6-7-13-20(19)21;1-15-7-6-9-16(13-15)21-14-17-8-2-3-10-18(17)19-11-4-5-12-20(19)21;1-15-10-12-16(13-11-15)21-14-17-6-2-3-7-18(17)19-8-4-5-9-20(19)21/h3*2-16H,1H3;3*2-14H,1H3. The summed E-state index contributed by atoms with van der Waals surface area (Å²) in [6, 6.07) is 184. The van der Waals surface area contributed by atoms with Gasteiger partial charge in [-0.3, -0.25) is 0 Å². The first-order valence-electron chi connectivity index (χ1n) is 48.1. The Balaban J connectivity index is 0.0000000958. The molecule has 27 rings (SSSR count). The molecule has 0 heteroatoms. The highest BCUT2D eigenvalue weighted by Gasteiger charge is 2.18. The second-order valence-corrected chi connectivity index (χ2v) is 36.7. The van der Waals surface area contributed by atoms with E-state index in [-0.39, 0.29) is 0 Å². The van der Waals surface area contributed by atoms with Crippen molar-refractivity contribution in [3.63, 3.8) is 0 Å². The molecule has 0 unspecified atom stereocenters. The van der Waals surface area contributed by atoms with Crippen LogP contribution in [0.1, 0.15) is 33.4 Å². The largest absolute Gasteiger partial charge is 0.0620 e. The Hall–Kier alpha value is -17.2. The summed E-state index contributed by atoms with van der Waals surface area (Å²) in [5.41, 5.74) is 23.3. The summed E-state index contributed by atoms with van der Waals surface area (Å²) in [5, 5.41) is 39.7. The fourth-order valence-corrected chi connectivity index (χ4v) is 21.0. The lowest BCUT2D eigenvalue weighted by molar-refractivity contribution is 1.46. The molecule has 0 aliphatic heterocycles. The Morgan fingerprint density at radius 3 is 0.667 bits per heavy atom. The third kappa shape index (κ3) is 17.0. The number of hydrogen-bond donors (Lipinski definition) is 0. The molecule has 0 aliphatic carbocycles. The summed E-state index contributed by atoms with van der Waals surface area (Å²) in [6.07, 6.45) is 0. The zero-order chi connectivity index (χ0) is 93.1. The molecule has 0 radical (unpaired) electrons. The van der Waals surface area contributed by atoms with Gasteiger partial charge in [-0.05, 0) is 317 Å². The van der Waals surface area contributed by atoms with Gasteiger partial charge in [0.25, 0.3) is 0 Å². The van der Waals surface area contributed by atoms with Gasteiger partial charge in [-0.1, -0.05) is 495 Å². The normalized spacial score (nSPS) is 11.3. The average Bonchev–Trinajstić information content (AvgIpc) is 0.752. The van der Waals surface area contributed by atoms with E-state index in [2.05, 4.69) is 551 Å². The molecule has 0 nitrogen and oxygen atoms in total. The van der Waals surface area contributed by atoms with Crippen molar-refractivity contribution in [2.24, 2.45) is 0 Å². The minimum Gasteiger partial charge on any atom is -0.0620 e. The lowest BCUT2D eigenvalue weighted by Crippen LogP contribution is -1.86. The Morgan fingerprint density at radius 2 is 0.312 bits per heavy atom. The van der Waals surface area contributed by atoms with Crippen LogP contribution in [0.3, 0.4) is 0 Å². The van der Waals surface area contributed by atoms with Crippen LogP contribution in [0, 0.1) is 41.5 Å². The van der Waals surface area contributed by atoms with Gasteiger partial charge in [0.15, 0.2) is 0 Å². The smallest absolute Gasteiger partial charge is 0.00928 e. The molecule has 0 saturated carbocycles. The third-order valence-electron chi connectivity index (χ3n) is 27.9. The van der Waals surface area contributed by atoms with Crippen molar-refractivity contribution in [2.45, 2.75) is 41.5 Å². The van der Waals surface area contributed by atoms with Gasteiger partial charge in [0.05, 0.1) is 0 Å². The fraction of sp³-hybridized carbons (Fsp3) is 0.0435. The molecule has 27 aromatic rings. The number of aryl methyl sites for hydroxylation is 6. The van der Waals surface area contributed by atoms with Crippen LogP contribution >= 0.6 is 0 Å². The van der Waals surface area contributed by atoms with Gasteiger partial charge in [0.1, 0.15) is 0 Å². The molecule has 0 saturated heterocycles. The predicted octanol–water partition coefficient (Wildman–Crippen LogP) is 39.3. The lowest BCUT2D eigenvalue weighted by atomic mass is 9.91. The molecule has 138 heavy (non-hydrogen) atoms. The maximum atomic E-state index is 2.35. The summed E-state index contributed by atoms with van der Waals surface area (Å²) >= 11 is 0. The average molecular weight is 1760 g/mol. The maximum Gasteiger partial charge on any atom is -0.00928 e. The van der Waals surface area contributed by atoms with Gasteiger partial charge in [-0.2, -0.15) is 0 Å². The van der Waals surface area contributed by atoms with Crippen LogP contribution in [-0.4, -0.2) is 0 Å². The van der Waals surface area contributed by atoms with Gasteiger partial charge in [-0.25, -0.2) is 0 Å². The van der Waals surface area contributed by atoms with Crippen molar-refractivity contribution >= 4 is 162 Å². The highest BCUT2D eigenvalue weighted by Crippen LogP contribution is 2.45. The first-order valence-corrected chi connectivity index (χ1v) is 48.1. The maximum absolute atomic E-state index is 2.35. The van der Waals surface area contributed by atoms with Crippen LogP contribution in [0.15, 0.2) is 510 Å². The van der Waals surface area contributed by atoms with Gasteiger partial charge in [0.2, 0.25) is 0 Å². The van der Waals surface area contributed by atoms with Crippen LogP contribution in [-0.2, 0) is 0 Å². The summed E-state index contributed by atoms with van der Waals surface area (Å²) < 4.78 is 0. The second-order valence-electron chi connectivity index (χ2n) is 36.7. The van der Waals surface area contributed by atoms with E-state index in [1.165, 1.54) is 262 Å². The lowest BCUT2D eigenvalue weighted by Gasteiger charge is -2.12. The number of hydrogen-bond acceptors (Lipinski definition) is 0. The second kappa shape index (κ2) is 38.1. The Labute approximate surface area is 807 Å². The van der Waals surface area contributed by atoms with Gasteiger partial charge in [0, 0.05) is 0 Å². The third-order valence-corrected chi connectivity index (χ3v) is 27.9. The quantitative estimate of drug-likeness (QED) is 0.146. The Morgan fingerprint density at radius 1 is 0.0942 bits per heavy atom. The monoisotopic (exact) mass is 1760 g/mol. The fourth-order valence-electron chi connectivity index (χ4n) is 21.0. The van der Waals surface area contributed by atoms with Gasteiger partial charge in [-0.15, -0.1) is 0 Å². The molecular weight excluding hydrogens is 1660 g/mol. The number of rotatable bonds is 6. The van der Waals surface area contributed by atoms with E-state index >= 15 is 0 Å². The van der Waals surface area contributed by atoms with E-state index in [0.717, 1.165) is 0 Å². The highest BCUT2D eigenvalue weighted by atomic mass is 14.2. The zero-order valence-corrected chi connectivity index (χ0v) is 78.5. The molecule has 27 aromatic carbocycles. The molecule has 0 aromatic heterocycles. The van der Waals surface area contributed by atoms with E-state index < -0.39 is 0 Å². The number of fused-ring (bicyclic) bond motifs is 27. The molecule has 0 heterocycles. The Kier molecular flexibility index (Phi) is 23.8. The molecule has 0 atom stereocenters. The number of benzene rings is 27. The predicted molar refractivity (Wildman–Crippen MR) is 602 cm³/mol. The minimum absolute atomic E-state index is 1.27. The topological polar surface area (TPSA) is 0 Å². The van der Waals surface area contributed by atoms with Crippen molar-refractivity contribution < 1.29 is 0 Å². The summed E-state index contributed by atoms with van der Waals surface area (Å²) in [5.74, 6) is 0. The van der Waals surface area contributed by atoms with Crippen LogP contribution in [0.5, 0.6) is 0 Å². The van der Waals surface area contributed by atoms with Crippen molar-refractivity contribution in [2.75, 3.05) is 0 Å². The summed E-state index contributed by atoms with van der Waals surface area (Å²) in [7, 11) is 0. The van der Waals surface area contributed by atoms with E-state index in [0.29, 0.717) is 0 Å². The molecule has 0 bridgehead atoms. The van der Waals surface area contributed by atoms with Gasteiger partial charge < -0.3 is 0 Å². The van der Waals surface area contributed by atoms with Crippen molar-refractivity contribution in [1.29, 1.82) is 0 Å². The van der Waals surface area contributed by atoms with Gasteiger partial charge >= 0.3 is 0 Å². The van der Waals surface area contributed by atoms with Crippen LogP contribution in [0.25, 0.3) is 228 Å². The molecule has 654 valence electrons. The van der Waals surface area contributed by atoms with E-state index in [4.69, 9.17) is 0 Å². The molecule has 0 aliphatic rings. The molecule has 0 fully saturated rings. The SMILES string of the molecule is Cc1ccc(-c2cc3ccccc3c3ccccc23)cc1.Cc1ccc(-c2ccc3c4ccccc4c4ccccc4c3c2)cc1.Cc1cccc(-c2cc3ccccc3c3ccccc23)c1.Cc1cccc(-c2ccc3c4ccccc4c4ccccc4c3c2)c1.Cc1ccccc1-c1cc2ccccc2c2ccccc12.Cc1ccccc1-c1ccc2c3ccccc3c3ccccc3c2c1. The summed E-state index contributed by atoms with van der Waals surface area (Å²) in [4.78, 5) is 0. The zero-order valence-electron chi connectivity index (χ0n) is 78.5. The molecular formula is C138H102. The highest BCUT2D eigenvalue weighted by molar-refractivity contribution is 6.29. The van der Waals surface area contributed by atoms with E-state index in [9.17, 15) is 0 Å². The summed E-state index contributed by atoms with van der Waals surface area (Å²) in [6.45, 7) is 12.9. The van der Waals surface area contributed by atoms with Crippen LogP contribution in [0.4, 0.5) is 0 Å². The van der Waals surface area contributed by atoms with E-state index in [1.54, 1.807) is 0 Å². The van der Waals surface area contributed by atoms with Crippen molar-refractivity contribution in [3.05, 3.63) is 543 Å².